The van der Waals surface area contributed by atoms with E-state index in [0.717, 1.165) is 6.42 Å². The van der Waals surface area contributed by atoms with Gasteiger partial charge in [-0.25, -0.2) is 4.68 Å². The van der Waals surface area contributed by atoms with Gasteiger partial charge in [-0.05, 0) is 20.3 Å². The molecule has 0 unspecified atom stereocenters. The van der Waals surface area contributed by atoms with Crippen molar-refractivity contribution in [3.8, 4) is 0 Å². The highest BCUT2D eigenvalue weighted by atomic mass is 16.2. The Morgan fingerprint density at radius 2 is 2.31 bits per heavy atom. The maximum atomic E-state index is 11.7. The number of aromatic nitrogens is 2. The molecule has 0 aliphatic carbocycles. The van der Waals surface area contributed by atoms with Crippen LogP contribution in [0.3, 0.4) is 0 Å². The van der Waals surface area contributed by atoms with Crippen LogP contribution in [0.1, 0.15) is 39.7 Å². The topological polar surface area (TPSA) is 72.9 Å². The maximum Gasteiger partial charge on any atom is 0.242 e. The van der Waals surface area contributed by atoms with E-state index in [2.05, 4.69) is 10.4 Å². The third-order valence-electron chi connectivity index (χ3n) is 2.35. The van der Waals surface area contributed by atoms with Crippen LogP contribution >= 0.6 is 0 Å². The molecule has 0 fully saturated rings. The molecule has 0 aliphatic rings. The monoisotopic (exact) mass is 224 g/mol. The van der Waals surface area contributed by atoms with E-state index in [9.17, 15) is 4.79 Å². The number of hydrogen-bond donors (Lipinski definition) is 2. The molecule has 5 heteroatoms. The van der Waals surface area contributed by atoms with Crippen LogP contribution in [-0.2, 0) is 4.79 Å². The predicted molar refractivity (Wildman–Crippen MR) is 64.1 cm³/mol. The van der Waals surface area contributed by atoms with Gasteiger partial charge in [-0.3, -0.25) is 4.79 Å². The molecule has 1 aromatic heterocycles. The Labute approximate surface area is 96.0 Å². The van der Waals surface area contributed by atoms with Crippen LogP contribution in [0.4, 0.5) is 5.82 Å². The lowest BCUT2D eigenvalue weighted by atomic mass is 10.2. The van der Waals surface area contributed by atoms with Crippen LogP contribution in [0.25, 0.3) is 0 Å². The second-order valence-electron chi connectivity index (χ2n) is 4.14. The maximum absolute atomic E-state index is 11.7. The zero-order chi connectivity index (χ0) is 12.1. The molecule has 1 amide bonds. The fraction of sp³-hybridized carbons (Fsp3) is 0.636. The van der Waals surface area contributed by atoms with Crippen molar-refractivity contribution < 1.29 is 4.79 Å². The molecule has 1 atom stereocenters. The van der Waals surface area contributed by atoms with Crippen molar-refractivity contribution in [3.63, 3.8) is 0 Å². The highest BCUT2D eigenvalue weighted by Gasteiger charge is 2.15. The van der Waals surface area contributed by atoms with Crippen molar-refractivity contribution in [3.05, 3.63) is 12.3 Å². The molecule has 0 radical (unpaired) electrons. The number of nitrogens with zero attached hydrogens (tertiary/aromatic N) is 2. The summed E-state index contributed by atoms with van der Waals surface area (Å²) in [5.74, 6) is 0.552. The number of carbonyl (C=O) groups is 1. The molecule has 3 N–H and O–H groups in total. The number of nitrogens with two attached hydrogens (primary N) is 1. The molecule has 0 saturated heterocycles. The van der Waals surface area contributed by atoms with E-state index in [1.807, 2.05) is 20.8 Å². The fourth-order valence-corrected chi connectivity index (χ4v) is 1.49. The summed E-state index contributed by atoms with van der Waals surface area (Å²) in [6.45, 7) is 6.02. The Kier molecular flexibility index (Phi) is 4.49. The molecule has 0 saturated carbocycles. The van der Waals surface area contributed by atoms with Crippen LogP contribution in [0, 0.1) is 0 Å². The largest absolute Gasteiger partial charge is 0.320 e. The van der Waals surface area contributed by atoms with E-state index in [0.29, 0.717) is 12.2 Å². The van der Waals surface area contributed by atoms with Crippen LogP contribution in [0.2, 0.25) is 0 Å². The van der Waals surface area contributed by atoms with Gasteiger partial charge in [-0.15, -0.1) is 0 Å². The van der Waals surface area contributed by atoms with Gasteiger partial charge in [0.2, 0.25) is 5.91 Å². The third-order valence-corrected chi connectivity index (χ3v) is 2.35. The van der Waals surface area contributed by atoms with E-state index in [-0.39, 0.29) is 11.9 Å². The molecule has 1 heterocycles. The zero-order valence-electron chi connectivity index (χ0n) is 10.1. The standard InChI is InChI=1S/C11H20N4O/c1-4-5-9(12)11(16)14-10-6-7-13-15(10)8(2)3/h6-9H,4-5,12H2,1-3H3,(H,14,16)/t9-/m1/s1. The lowest BCUT2D eigenvalue weighted by Gasteiger charge is -2.14. The van der Waals surface area contributed by atoms with E-state index in [1.165, 1.54) is 0 Å². The van der Waals surface area contributed by atoms with E-state index < -0.39 is 6.04 Å². The predicted octanol–water partition coefficient (Wildman–Crippen LogP) is 1.53. The number of nitrogens with one attached hydrogen (secondary N) is 1. The summed E-state index contributed by atoms with van der Waals surface area (Å²) < 4.78 is 1.76. The molecule has 0 aromatic carbocycles. The van der Waals surface area contributed by atoms with Gasteiger partial charge >= 0.3 is 0 Å². The van der Waals surface area contributed by atoms with Crippen molar-refractivity contribution in [2.75, 3.05) is 5.32 Å². The Bertz CT molecular complexity index is 346. The van der Waals surface area contributed by atoms with Crippen molar-refractivity contribution in [2.45, 2.75) is 45.7 Å². The number of rotatable bonds is 5. The second-order valence-corrected chi connectivity index (χ2v) is 4.14. The Morgan fingerprint density at radius 3 is 2.88 bits per heavy atom. The fourth-order valence-electron chi connectivity index (χ4n) is 1.49. The van der Waals surface area contributed by atoms with E-state index in [4.69, 9.17) is 5.73 Å². The summed E-state index contributed by atoms with van der Waals surface area (Å²) in [6, 6.07) is 1.55. The molecular weight excluding hydrogens is 204 g/mol. The summed E-state index contributed by atoms with van der Waals surface area (Å²) in [5, 5.41) is 6.93. The molecule has 1 aromatic rings. The summed E-state index contributed by atoms with van der Waals surface area (Å²) in [7, 11) is 0. The number of hydrogen-bond acceptors (Lipinski definition) is 3. The second kappa shape index (κ2) is 5.65. The van der Waals surface area contributed by atoms with Gasteiger partial charge in [0.05, 0.1) is 12.2 Å². The van der Waals surface area contributed by atoms with Crippen LogP contribution in [0.5, 0.6) is 0 Å². The average molecular weight is 224 g/mol. The highest BCUT2D eigenvalue weighted by Crippen LogP contribution is 2.13. The van der Waals surface area contributed by atoms with E-state index >= 15 is 0 Å². The number of amides is 1. The third kappa shape index (κ3) is 3.06. The Balaban J connectivity index is 2.66. The molecular formula is C11H20N4O. The smallest absolute Gasteiger partial charge is 0.242 e. The first kappa shape index (κ1) is 12.7. The van der Waals surface area contributed by atoms with Gasteiger partial charge in [-0.1, -0.05) is 13.3 Å². The van der Waals surface area contributed by atoms with Crippen LogP contribution in [-0.4, -0.2) is 21.7 Å². The van der Waals surface area contributed by atoms with E-state index in [1.54, 1.807) is 16.9 Å². The quantitative estimate of drug-likeness (QED) is 0.796. The molecule has 1 rings (SSSR count). The number of anilines is 1. The van der Waals surface area contributed by atoms with Crippen molar-refractivity contribution >= 4 is 11.7 Å². The molecule has 0 spiro atoms. The van der Waals surface area contributed by atoms with Gasteiger partial charge < -0.3 is 11.1 Å². The average Bonchev–Trinajstić information content (AvgIpc) is 2.66. The lowest BCUT2D eigenvalue weighted by Crippen LogP contribution is -2.36. The zero-order valence-corrected chi connectivity index (χ0v) is 10.1. The van der Waals surface area contributed by atoms with Gasteiger partial charge in [0.1, 0.15) is 5.82 Å². The summed E-state index contributed by atoms with van der Waals surface area (Å²) in [6.07, 6.45) is 3.26. The molecule has 90 valence electrons. The minimum Gasteiger partial charge on any atom is -0.320 e. The highest BCUT2D eigenvalue weighted by molar-refractivity contribution is 5.93. The Morgan fingerprint density at radius 1 is 1.62 bits per heavy atom. The van der Waals surface area contributed by atoms with Gasteiger partial charge in [0.25, 0.3) is 0 Å². The molecule has 0 bridgehead atoms. The van der Waals surface area contributed by atoms with Crippen molar-refractivity contribution in [1.29, 1.82) is 0 Å². The molecule has 5 nitrogen and oxygen atoms in total. The first-order valence-electron chi connectivity index (χ1n) is 5.66. The molecule has 16 heavy (non-hydrogen) atoms. The van der Waals surface area contributed by atoms with Crippen LogP contribution < -0.4 is 11.1 Å². The van der Waals surface area contributed by atoms with Gasteiger partial charge in [0.15, 0.2) is 0 Å². The Hall–Kier alpha value is -1.36. The van der Waals surface area contributed by atoms with Gasteiger partial charge in [0, 0.05) is 12.1 Å². The van der Waals surface area contributed by atoms with Crippen molar-refractivity contribution in [2.24, 2.45) is 5.73 Å². The molecule has 0 aliphatic heterocycles. The first-order valence-corrected chi connectivity index (χ1v) is 5.66. The van der Waals surface area contributed by atoms with Crippen LogP contribution in [0.15, 0.2) is 12.3 Å². The SMILES string of the molecule is CCC[C@@H](N)C(=O)Nc1ccnn1C(C)C. The lowest BCUT2D eigenvalue weighted by molar-refractivity contribution is -0.117. The normalized spacial score (nSPS) is 12.8. The summed E-state index contributed by atoms with van der Waals surface area (Å²) >= 11 is 0. The first-order chi connectivity index (χ1) is 7.56. The minimum atomic E-state index is -0.444. The minimum absolute atomic E-state index is 0.149. The number of carbonyl (C=O) groups excluding carboxylic acids is 1. The summed E-state index contributed by atoms with van der Waals surface area (Å²) in [4.78, 5) is 11.7. The van der Waals surface area contributed by atoms with Crippen molar-refractivity contribution in [1.82, 2.24) is 9.78 Å². The van der Waals surface area contributed by atoms with Gasteiger partial charge in [-0.2, -0.15) is 5.10 Å². The summed E-state index contributed by atoms with van der Waals surface area (Å²) in [5.41, 5.74) is 5.73.